The van der Waals surface area contributed by atoms with Gasteiger partial charge in [-0.1, -0.05) is 24.3 Å². The van der Waals surface area contributed by atoms with Crippen molar-refractivity contribution in [1.82, 2.24) is 0 Å². The Balaban J connectivity index is 2.63. The molecule has 0 aliphatic heterocycles. The van der Waals surface area contributed by atoms with Gasteiger partial charge in [-0.15, -0.1) is 0 Å². The zero-order valence-corrected chi connectivity index (χ0v) is 9.44. The van der Waals surface area contributed by atoms with Gasteiger partial charge in [0.05, 0.1) is 20.5 Å². The highest BCUT2D eigenvalue weighted by molar-refractivity contribution is 5.91. The lowest BCUT2D eigenvalue weighted by Crippen LogP contribution is -1.85. The summed E-state index contributed by atoms with van der Waals surface area (Å²) in [6.45, 7) is 0. The molecule has 0 amide bonds. The topological polar surface area (TPSA) is 18.5 Å². The summed E-state index contributed by atoms with van der Waals surface area (Å²) >= 11 is 0. The van der Waals surface area contributed by atoms with E-state index in [4.69, 9.17) is 9.47 Å². The van der Waals surface area contributed by atoms with Gasteiger partial charge in [0.1, 0.15) is 5.75 Å². The quantitative estimate of drug-likeness (QED) is 0.728. The van der Waals surface area contributed by atoms with E-state index in [1.54, 1.807) is 20.5 Å². The first kappa shape index (κ1) is 10.6. The van der Waals surface area contributed by atoms with Crippen LogP contribution in [0.25, 0.3) is 16.8 Å². The second kappa shape index (κ2) is 4.71. The second-order valence-corrected chi connectivity index (χ2v) is 3.48. The Morgan fingerprint density at radius 3 is 2.62 bits per heavy atom. The van der Waals surface area contributed by atoms with Crippen LogP contribution in [0.5, 0.6) is 5.75 Å². The number of fused-ring (bicyclic) bond motifs is 1. The first-order valence-electron chi connectivity index (χ1n) is 5.11. The minimum Gasteiger partial charge on any atom is -0.504 e. The molecule has 0 heterocycles. The van der Waals surface area contributed by atoms with Gasteiger partial charge in [-0.2, -0.15) is 0 Å². The van der Waals surface area contributed by atoms with Gasteiger partial charge in [0.2, 0.25) is 0 Å². The van der Waals surface area contributed by atoms with Gasteiger partial charge >= 0.3 is 0 Å². The van der Waals surface area contributed by atoms with Crippen LogP contribution in [-0.4, -0.2) is 14.2 Å². The zero-order chi connectivity index (χ0) is 11.4. The summed E-state index contributed by atoms with van der Waals surface area (Å²) in [7, 11) is 3.31. The van der Waals surface area contributed by atoms with E-state index in [0.717, 1.165) is 16.7 Å². The lowest BCUT2D eigenvalue weighted by molar-refractivity contribution is 0.341. The summed E-state index contributed by atoms with van der Waals surface area (Å²) in [5.74, 6) is 0.856. The molecule has 0 fully saturated rings. The van der Waals surface area contributed by atoms with E-state index in [1.807, 2.05) is 30.3 Å². The van der Waals surface area contributed by atoms with Crippen molar-refractivity contribution < 1.29 is 9.47 Å². The van der Waals surface area contributed by atoms with E-state index in [2.05, 4.69) is 12.1 Å². The predicted octanol–water partition coefficient (Wildman–Crippen LogP) is 3.47. The van der Waals surface area contributed by atoms with E-state index in [-0.39, 0.29) is 0 Å². The van der Waals surface area contributed by atoms with Crippen molar-refractivity contribution in [3.05, 3.63) is 48.2 Å². The Hall–Kier alpha value is -1.96. The summed E-state index contributed by atoms with van der Waals surface area (Å²) in [4.78, 5) is 0. The van der Waals surface area contributed by atoms with Crippen molar-refractivity contribution in [3.63, 3.8) is 0 Å². The van der Waals surface area contributed by atoms with Crippen LogP contribution in [-0.2, 0) is 4.74 Å². The van der Waals surface area contributed by atoms with Crippen molar-refractivity contribution in [3.8, 4) is 5.75 Å². The van der Waals surface area contributed by atoms with Gasteiger partial charge in [0, 0.05) is 0 Å². The molecule has 2 rings (SSSR count). The van der Waals surface area contributed by atoms with Crippen molar-refractivity contribution in [2.75, 3.05) is 14.2 Å². The zero-order valence-electron chi connectivity index (χ0n) is 9.44. The van der Waals surface area contributed by atoms with Gasteiger partial charge in [-0.05, 0) is 34.5 Å². The minimum absolute atomic E-state index is 0.856. The number of rotatable bonds is 3. The highest BCUT2D eigenvalue weighted by atomic mass is 16.5. The minimum atomic E-state index is 0.856. The average molecular weight is 214 g/mol. The highest BCUT2D eigenvalue weighted by Crippen LogP contribution is 2.26. The van der Waals surface area contributed by atoms with E-state index >= 15 is 0 Å². The lowest BCUT2D eigenvalue weighted by Gasteiger charge is -2.06. The number of hydrogen-bond donors (Lipinski definition) is 0. The fourth-order valence-electron chi connectivity index (χ4n) is 1.71. The molecule has 0 aromatic heterocycles. The lowest BCUT2D eigenvalue weighted by atomic mass is 10.0. The first-order chi connectivity index (χ1) is 7.85. The monoisotopic (exact) mass is 214 g/mol. The summed E-state index contributed by atoms with van der Waals surface area (Å²) in [6.07, 6.45) is 3.60. The molecule has 2 heteroatoms. The molecule has 0 unspecified atom stereocenters. The highest BCUT2D eigenvalue weighted by Gasteiger charge is 2.01. The Morgan fingerprint density at radius 2 is 1.88 bits per heavy atom. The maximum Gasteiger partial charge on any atom is 0.120 e. The van der Waals surface area contributed by atoms with Crippen LogP contribution in [0, 0.1) is 0 Å². The summed E-state index contributed by atoms with van der Waals surface area (Å²) in [5.41, 5.74) is 1.09. The molecule has 0 atom stereocenters. The number of ether oxygens (including phenoxy) is 2. The number of benzene rings is 2. The van der Waals surface area contributed by atoms with Crippen LogP contribution in [0.3, 0.4) is 0 Å². The third-order valence-corrected chi connectivity index (χ3v) is 2.49. The molecule has 0 aliphatic rings. The summed E-state index contributed by atoms with van der Waals surface area (Å²) < 4.78 is 10.2. The van der Waals surface area contributed by atoms with Crippen molar-refractivity contribution >= 4 is 16.8 Å². The average Bonchev–Trinajstić information content (AvgIpc) is 2.35. The molecule has 0 aliphatic carbocycles. The molecule has 0 saturated heterocycles. The summed E-state index contributed by atoms with van der Waals surface area (Å²) in [6, 6.07) is 12.2. The molecule has 0 spiro atoms. The Labute approximate surface area is 95.1 Å². The van der Waals surface area contributed by atoms with Crippen LogP contribution in [0.15, 0.2) is 42.7 Å². The Bertz CT molecular complexity index is 515. The van der Waals surface area contributed by atoms with Crippen molar-refractivity contribution in [2.24, 2.45) is 0 Å². The smallest absolute Gasteiger partial charge is 0.120 e. The van der Waals surface area contributed by atoms with Gasteiger partial charge in [-0.3, -0.25) is 0 Å². The molecule has 0 N–H and O–H groups in total. The molecule has 0 bridgehead atoms. The SMILES string of the molecule is COC=Cc1cc(OC)cc2ccccc12. The van der Waals surface area contributed by atoms with E-state index in [1.165, 1.54) is 5.39 Å². The maximum absolute atomic E-state index is 5.27. The Morgan fingerprint density at radius 1 is 1.06 bits per heavy atom. The summed E-state index contributed by atoms with van der Waals surface area (Å²) in [5, 5.41) is 2.36. The maximum atomic E-state index is 5.27. The van der Waals surface area contributed by atoms with Crippen molar-refractivity contribution in [1.29, 1.82) is 0 Å². The number of hydrogen-bond acceptors (Lipinski definition) is 2. The molecular formula is C14H14O2. The molecular weight excluding hydrogens is 200 g/mol. The number of methoxy groups -OCH3 is 2. The van der Waals surface area contributed by atoms with Crippen LogP contribution in [0.4, 0.5) is 0 Å². The molecule has 0 radical (unpaired) electrons. The molecule has 2 aromatic carbocycles. The van der Waals surface area contributed by atoms with Gasteiger partial charge in [0.25, 0.3) is 0 Å². The van der Waals surface area contributed by atoms with Crippen LogP contribution >= 0.6 is 0 Å². The fraction of sp³-hybridized carbons (Fsp3) is 0.143. The van der Waals surface area contributed by atoms with Crippen LogP contribution in [0.2, 0.25) is 0 Å². The normalized spacial score (nSPS) is 10.9. The Kier molecular flexibility index (Phi) is 3.10. The molecule has 82 valence electrons. The molecule has 2 aromatic rings. The molecule has 2 nitrogen and oxygen atoms in total. The standard InChI is InChI=1S/C14H14O2/c1-15-8-7-12-10-13(16-2)9-11-5-3-4-6-14(11)12/h3-10H,1-2H3. The van der Waals surface area contributed by atoms with Crippen LogP contribution in [0.1, 0.15) is 5.56 Å². The molecule has 0 saturated carbocycles. The van der Waals surface area contributed by atoms with Gasteiger partial charge in [0.15, 0.2) is 0 Å². The molecule has 16 heavy (non-hydrogen) atoms. The third kappa shape index (κ3) is 2.01. The second-order valence-electron chi connectivity index (χ2n) is 3.48. The van der Waals surface area contributed by atoms with E-state index in [9.17, 15) is 0 Å². The van der Waals surface area contributed by atoms with Gasteiger partial charge < -0.3 is 9.47 Å². The third-order valence-electron chi connectivity index (χ3n) is 2.49. The largest absolute Gasteiger partial charge is 0.504 e. The predicted molar refractivity (Wildman–Crippen MR) is 66.5 cm³/mol. The fourth-order valence-corrected chi connectivity index (χ4v) is 1.71. The van der Waals surface area contributed by atoms with Crippen LogP contribution < -0.4 is 4.74 Å². The van der Waals surface area contributed by atoms with E-state index in [0.29, 0.717) is 0 Å². The van der Waals surface area contributed by atoms with E-state index < -0.39 is 0 Å². The first-order valence-corrected chi connectivity index (χ1v) is 5.11. The van der Waals surface area contributed by atoms with Crippen molar-refractivity contribution in [2.45, 2.75) is 0 Å². The van der Waals surface area contributed by atoms with Gasteiger partial charge in [-0.25, -0.2) is 0 Å².